The summed E-state index contributed by atoms with van der Waals surface area (Å²) in [5.74, 6) is -0.962. The van der Waals surface area contributed by atoms with Crippen LogP contribution in [0.25, 0.3) is 5.57 Å². The predicted molar refractivity (Wildman–Crippen MR) is 104 cm³/mol. The molecule has 2 aromatic carbocycles. The van der Waals surface area contributed by atoms with Gasteiger partial charge in [-0.1, -0.05) is 12.2 Å². The number of benzene rings is 2. The van der Waals surface area contributed by atoms with Crippen molar-refractivity contribution in [1.29, 1.82) is 0 Å². The summed E-state index contributed by atoms with van der Waals surface area (Å²) < 4.78 is 54.4. The number of hydrogen-bond acceptors (Lipinski definition) is 3. The third kappa shape index (κ3) is 3.83. The van der Waals surface area contributed by atoms with Gasteiger partial charge in [-0.15, -0.1) is 0 Å². The van der Waals surface area contributed by atoms with Crippen LogP contribution in [-0.2, 0) is 11.0 Å². The number of alkyl halides is 3. The zero-order valence-electron chi connectivity index (χ0n) is 15.2. The van der Waals surface area contributed by atoms with E-state index in [1.807, 2.05) is 12.2 Å². The molecular weight excluding hydrogens is 386 g/mol. The van der Waals surface area contributed by atoms with Gasteiger partial charge < -0.3 is 15.5 Å². The van der Waals surface area contributed by atoms with Crippen molar-refractivity contribution >= 4 is 28.5 Å². The van der Waals surface area contributed by atoms with E-state index in [1.54, 1.807) is 4.90 Å². The van der Waals surface area contributed by atoms with Gasteiger partial charge in [-0.3, -0.25) is 4.79 Å². The van der Waals surface area contributed by atoms with Crippen molar-refractivity contribution in [2.45, 2.75) is 12.6 Å². The third-order valence-electron chi connectivity index (χ3n) is 4.85. The van der Waals surface area contributed by atoms with Crippen LogP contribution in [0, 0.1) is 5.82 Å². The number of rotatable bonds is 3. The van der Waals surface area contributed by atoms with E-state index in [0.29, 0.717) is 30.8 Å². The molecule has 0 fully saturated rings. The molecular formula is C21H17F4N3O. The third-order valence-corrected chi connectivity index (χ3v) is 4.85. The van der Waals surface area contributed by atoms with Crippen LogP contribution in [0.1, 0.15) is 17.5 Å². The Balaban J connectivity index is 1.65. The molecule has 0 aliphatic carbocycles. The lowest BCUT2D eigenvalue weighted by Gasteiger charge is -2.28. The van der Waals surface area contributed by atoms with Crippen LogP contribution in [0.2, 0.25) is 0 Å². The monoisotopic (exact) mass is 403 g/mol. The molecule has 2 N–H and O–H groups in total. The van der Waals surface area contributed by atoms with Crippen molar-refractivity contribution in [3.63, 3.8) is 0 Å². The maximum atomic E-state index is 13.6. The number of hydrogen-bond donors (Lipinski definition) is 2. The Labute approximate surface area is 164 Å². The van der Waals surface area contributed by atoms with Gasteiger partial charge >= 0.3 is 6.18 Å². The van der Waals surface area contributed by atoms with Crippen molar-refractivity contribution in [1.82, 2.24) is 0 Å². The van der Waals surface area contributed by atoms with E-state index in [9.17, 15) is 22.4 Å². The van der Waals surface area contributed by atoms with Crippen LogP contribution in [0.3, 0.4) is 0 Å². The Morgan fingerprint density at radius 3 is 2.66 bits per heavy atom. The van der Waals surface area contributed by atoms with Crippen LogP contribution in [-0.4, -0.2) is 19.0 Å². The first kappa shape index (κ1) is 19.0. The lowest BCUT2D eigenvalue weighted by Crippen LogP contribution is -2.29. The highest BCUT2D eigenvalue weighted by Crippen LogP contribution is 2.39. The molecule has 150 valence electrons. The molecule has 1 amide bonds. The highest BCUT2D eigenvalue weighted by Gasteiger charge is 2.35. The molecule has 0 unspecified atom stereocenters. The number of carbonyl (C=O) groups excluding carboxylic acids is 1. The fourth-order valence-electron chi connectivity index (χ4n) is 3.45. The van der Waals surface area contributed by atoms with Gasteiger partial charge in [-0.2, -0.15) is 13.2 Å². The van der Waals surface area contributed by atoms with E-state index in [0.717, 1.165) is 6.07 Å². The highest BCUT2D eigenvalue weighted by molar-refractivity contribution is 6.31. The van der Waals surface area contributed by atoms with Crippen LogP contribution in [0.5, 0.6) is 0 Å². The van der Waals surface area contributed by atoms with Gasteiger partial charge in [0.05, 0.1) is 11.1 Å². The van der Waals surface area contributed by atoms with Gasteiger partial charge in [0, 0.05) is 41.9 Å². The first-order valence-electron chi connectivity index (χ1n) is 9.02. The minimum atomic E-state index is -4.53. The fourth-order valence-corrected chi connectivity index (χ4v) is 3.45. The Kier molecular flexibility index (Phi) is 4.77. The summed E-state index contributed by atoms with van der Waals surface area (Å²) in [5, 5.41) is 5.33. The maximum absolute atomic E-state index is 13.6. The first-order chi connectivity index (χ1) is 13.8. The molecule has 4 nitrogen and oxygen atoms in total. The molecule has 0 saturated heterocycles. The number of amides is 1. The van der Waals surface area contributed by atoms with E-state index in [1.165, 1.54) is 36.5 Å². The lowest BCUT2D eigenvalue weighted by molar-refractivity contribution is -0.137. The molecule has 0 radical (unpaired) electrons. The average molecular weight is 403 g/mol. The molecule has 0 atom stereocenters. The molecule has 29 heavy (non-hydrogen) atoms. The van der Waals surface area contributed by atoms with Crippen molar-refractivity contribution in [3.05, 3.63) is 71.7 Å². The number of nitrogens with one attached hydrogen (secondary N) is 2. The van der Waals surface area contributed by atoms with Crippen LogP contribution in [0.15, 0.2) is 54.8 Å². The summed E-state index contributed by atoms with van der Waals surface area (Å²) in [6.07, 6.45) is 1.24. The van der Waals surface area contributed by atoms with E-state index in [-0.39, 0.29) is 16.9 Å². The van der Waals surface area contributed by atoms with E-state index in [4.69, 9.17) is 0 Å². The highest BCUT2D eigenvalue weighted by atomic mass is 19.4. The van der Waals surface area contributed by atoms with Crippen molar-refractivity contribution in [2.75, 3.05) is 28.6 Å². The van der Waals surface area contributed by atoms with E-state index in [2.05, 4.69) is 10.6 Å². The largest absolute Gasteiger partial charge is 0.418 e. The Morgan fingerprint density at radius 1 is 1.10 bits per heavy atom. The number of anilines is 3. The van der Waals surface area contributed by atoms with Crippen molar-refractivity contribution < 1.29 is 22.4 Å². The SMILES string of the molecule is O=C1Nc2ccc(F)cc2C1=CNc1ccc(N2CC=CCC2)c(C(F)(F)F)c1. The normalized spacial score (nSPS) is 17.4. The summed E-state index contributed by atoms with van der Waals surface area (Å²) in [4.78, 5) is 13.8. The summed E-state index contributed by atoms with van der Waals surface area (Å²) >= 11 is 0. The van der Waals surface area contributed by atoms with Gasteiger partial charge in [-0.25, -0.2) is 4.39 Å². The van der Waals surface area contributed by atoms with Gasteiger partial charge in [0.1, 0.15) is 5.82 Å². The second kappa shape index (κ2) is 7.27. The molecule has 8 heteroatoms. The quantitative estimate of drug-likeness (QED) is 0.430. The fraction of sp³-hybridized carbons (Fsp3) is 0.190. The molecule has 0 saturated carbocycles. The zero-order valence-corrected chi connectivity index (χ0v) is 15.2. The molecule has 2 aliphatic heterocycles. The van der Waals surface area contributed by atoms with Crippen molar-refractivity contribution in [2.24, 2.45) is 0 Å². The Bertz CT molecular complexity index is 1030. The molecule has 4 rings (SSSR count). The van der Waals surface area contributed by atoms with Gasteiger partial charge in [-0.05, 0) is 42.8 Å². The number of halogens is 4. The zero-order chi connectivity index (χ0) is 20.6. The van der Waals surface area contributed by atoms with E-state index < -0.39 is 23.5 Å². The standard InChI is InChI=1S/C21H17F4N3O/c22-13-4-6-18-15(10-13)16(20(29)27-18)12-26-14-5-7-19(17(11-14)21(23,24)25)28-8-2-1-3-9-28/h1-2,4-7,10-12,26H,3,8-9H2,(H,27,29). The second-order valence-electron chi connectivity index (χ2n) is 6.78. The summed E-state index contributed by atoms with van der Waals surface area (Å²) in [6, 6.07) is 7.83. The lowest BCUT2D eigenvalue weighted by atomic mass is 10.1. The molecule has 0 spiro atoms. The number of nitrogens with zero attached hydrogens (tertiary/aromatic N) is 1. The van der Waals surface area contributed by atoms with Gasteiger partial charge in [0.25, 0.3) is 5.91 Å². The molecule has 2 heterocycles. The summed E-state index contributed by atoms with van der Waals surface area (Å²) in [6.45, 7) is 0.932. The Morgan fingerprint density at radius 2 is 1.93 bits per heavy atom. The average Bonchev–Trinajstić information content (AvgIpc) is 3.00. The minimum absolute atomic E-state index is 0.117. The van der Waals surface area contributed by atoms with Crippen LogP contribution in [0.4, 0.5) is 34.6 Å². The van der Waals surface area contributed by atoms with Crippen LogP contribution < -0.4 is 15.5 Å². The number of fused-ring (bicyclic) bond motifs is 1. The van der Waals surface area contributed by atoms with Crippen molar-refractivity contribution in [3.8, 4) is 0 Å². The molecule has 0 bridgehead atoms. The summed E-state index contributed by atoms with van der Waals surface area (Å²) in [7, 11) is 0. The maximum Gasteiger partial charge on any atom is 0.418 e. The second-order valence-corrected chi connectivity index (χ2v) is 6.78. The predicted octanol–water partition coefficient (Wildman–Crippen LogP) is 5.02. The van der Waals surface area contributed by atoms with Gasteiger partial charge in [0.2, 0.25) is 0 Å². The van der Waals surface area contributed by atoms with E-state index >= 15 is 0 Å². The molecule has 2 aromatic rings. The van der Waals surface area contributed by atoms with Gasteiger partial charge in [0.15, 0.2) is 0 Å². The minimum Gasteiger partial charge on any atom is -0.367 e. The van der Waals surface area contributed by atoms with Crippen LogP contribution >= 0.6 is 0 Å². The number of carbonyl (C=O) groups is 1. The molecule has 2 aliphatic rings. The first-order valence-corrected chi connectivity index (χ1v) is 9.02. The Hall–Kier alpha value is -3.29. The summed E-state index contributed by atoms with van der Waals surface area (Å²) in [5.41, 5.74) is 0.505. The topological polar surface area (TPSA) is 44.4 Å². The molecule has 0 aromatic heterocycles. The smallest absolute Gasteiger partial charge is 0.367 e.